The third kappa shape index (κ3) is 4.62. The SMILES string of the molecule is COC(=O)CCCN(C)C(=O)COC1(C)CNC1. The number of ether oxygens (including phenoxy) is 2. The molecule has 1 fully saturated rings. The number of amides is 1. The van der Waals surface area contributed by atoms with Crippen molar-refractivity contribution in [3.05, 3.63) is 0 Å². The smallest absolute Gasteiger partial charge is 0.305 e. The molecule has 0 atom stereocenters. The Kier molecular flexibility index (Phi) is 5.55. The predicted molar refractivity (Wildman–Crippen MR) is 66.1 cm³/mol. The maximum Gasteiger partial charge on any atom is 0.305 e. The van der Waals surface area contributed by atoms with Crippen LogP contribution >= 0.6 is 0 Å². The van der Waals surface area contributed by atoms with E-state index in [0.717, 1.165) is 13.1 Å². The van der Waals surface area contributed by atoms with Crippen molar-refractivity contribution < 1.29 is 19.1 Å². The van der Waals surface area contributed by atoms with E-state index in [1.165, 1.54) is 7.11 Å². The Morgan fingerprint density at radius 3 is 2.56 bits per heavy atom. The average molecular weight is 258 g/mol. The first-order valence-corrected chi connectivity index (χ1v) is 6.12. The molecule has 1 saturated heterocycles. The van der Waals surface area contributed by atoms with E-state index in [2.05, 4.69) is 10.1 Å². The van der Waals surface area contributed by atoms with Crippen molar-refractivity contribution in [3.63, 3.8) is 0 Å². The number of nitrogens with one attached hydrogen (secondary N) is 1. The second kappa shape index (κ2) is 6.70. The Labute approximate surface area is 108 Å². The van der Waals surface area contributed by atoms with Gasteiger partial charge in [0.25, 0.3) is 0 Å². The molecule has 1 N–H and O–H groups in total. The first-order chi connectivity index (χ1) is 8.47. The monoisotopic (exact) mass is 258 g/mol. The molecular weight excluding hydrogens is 236 g/mol. The van der Waals surface area contributed by atoms with Crippen molar-refractivity contribution in [1.29, 1.82) is 0 Å². The quantitative estimate of drug-likeness (QED) is 0.639. The summed E-state index contributed by atoms with van der Waals surface area (Å²) in [4.78, 5) is 24.2. The lowest BCUT2D eigenvalue weighted by Crippen LogP contribution is -2.59. The maximum absolute atomic E-state index is 11.7. The van der Waals surface area contributed by atoms with Gasteiger partial charge < -0.3 is 19.7 Å². The number of carbonyl (C=O) groups excluding carboxylic acids is 2. The highest BCUT2D eigenvalue weighted by atomic mass is 16.5. The van der Waals surface area contributed by atoms with Gasteiger partial charge in [-0.15, -0.1) is 0 Å². The second-order valence-corrected chi connectivity index (χ2v) is 4.84. The van der Waals surface area contributed by atoms with Crippen LogP contribution in [0.3, 0.4) is 0 Å². The second-order valence-electron chi connectivity index (χ2n) is 4.84. The summed E-state index contributed by atoms with van der Waals surface area (Å²) in [7, 11) is 3.07. The van der Waals surface area contributed by atoms with E-state index in [1.54, 1.807) is 11.9 Å². The molecule has 1 aliphatic rings. The van der Waals surface area contributed by atoms with Crippen LogP contribution in [0.4, 0.5) is 0 Å². The molecule has 0 spiro atoms. The van der Waals surface area contributed by atoms with Crippen molar-refractivity contribution in [2.24, 2.45) is 0 Å². The minimum absolute atomic E-state index is 0.0620. The van der Waals surface area contributed by atoms with Gasteiger partial charge in [-0.2, -0.15) is 0 Å². The third-order valence-corrected chi connectivity index (χ3v) is 3.07. The minimum atomic E-state index is -0.250. The van der Waals surface area contributed by atoms with Crippen molar-refractivity contribution in [2.75, 3.05) is 40.4 Å². The first-order valence-electron chi connectivity index (χ1n) is 6.12. The zero-order valence-electron chi connectivity index (χ0n) is 11.3. The highest BCUT2D eigenvalue weighted by molar-refractivity contribution is 5.77. The highest BCUT2D eigenvalue weighted by Crippen LogP contribution is 2.14. The van der Waals surface area contributed by atoms with Crippen LogP contribution in [0.25, 0.3) is 0 Å². The maximum atomic E-state index is 11.7. The zero-order chi connectivity index (χ0) is 13.6. The molecule has 0 aromatic rings. The van der Waals surface area contributed by atoms with Gasteiger partial charge in [-0.05, 0) is 13.3 Å². The summed E-state index contributed by atoms with van der Waals surface area (Å²) >= 11 is 0. The minimum Gasteiger partial charge on any atom is -0.469 e. The number of rotatable bonds is 7. The standard InChI is InChI=1S/C12H22N2O4/c1-12(8-13-9-12)18-7-10(15)14(2)6-4-5-11(16)17-3/h13H,4-9H2,1-3H3. The summed E-state index contributed by atoms with van der Waals surface area (Å²) in [6.07, 6.45) is 0.935. The number of nitrogens with zero attached hydrogens (tertiary/aromatic N) is 1. The van der Waals surface area contributed by atoms with E-state index in [4.69, 9.17) is 4.74 Å². The van der Waals surface area contributed by atoms with Gasteiger partial charge in [0.2, 0.25) is 5.91 Å². The van der Waals surface area contributed by atoms with Gasteiger partial charge >= 0.3 is 5.97 Å². The van der Waals surface area contributed by atoms with Gasteiger partial charge in [-0.3, -0.25) is 9.59 Å². The van der Waals surface area contributed by atoms with Gasteiger partial charge in [0.05, 0.1) is 12.7 Å². The first kappa shape index (κ1) is 14.9. The van der Waals surface area contributed by atoms with Crippen molar-refractivity contribution in [1.82, 2.24) is 10.2 Å². The van der Waals surface area contributed by atoms with E-state index in [0.29, 0.717) is 19.4 Å². The molecule has 104 valence electrons. The summed E-state index contributed by atoms with van der Waals surface area (Å²) in [6.45, 7) is 4.17. The molecule has 18 heavy (non-hydrogen) atoms. The molecule has 1 amide bonds. The Morgan fingerprint density at radius 2 is 2.06 bits per heavy atom. The van der Waals surface area contributed by atoms with E-state index in [9.17, 15) is 9.59 Å². The lowest BCUT2D eigenvalue weighted by Gasteiger charge is -2.39. The van der Waals surface area contributed by atoms with Crippen LogP contribution in [0.1, 0.15) is 19.8 Å². The largest absolute Gasteiger partial charge is 0.469 e. The normalized spacial score (nSPS) is 16.8. The third-order valence-electron chi connectivity index (χ3n) is 3.07. The van der Waals surface area contributed by atoms with Crippen molar-refractivity contribution >= 4 is 11.9 Å². The van der Waals surface area contributed by atoms with Crippen LogP contribution in [-0.2, 0) is 19.1 Å². The van der Waals surface area contributed by atoms with Crippen LogP contribution in [0.5, 0.6) is 0 Å². The Morgan fingerprint density at radius 1 is 1.39 bits per heavy atom. The van der Waals surface area contributed by atoms with E-state index >= 15 is 0 Å². The number of likely N-dealkylation sites (N-methyl/N-ethyl adjacent to an activating group) is 1. The number of esters is 1. The van der Waals surface area contributed by atoms with E-state index in [-0.39, 0.29) is 24.1 Å². The number of methoxy groups -OCH3 is 1. The topological polar surface area (TPSA) is 67.9 Å². The highest BCUT2D eigenvalue weighted by Gasteiger charge is 2.33. The predicted octanol–water partition coefficient (Wildman–Crippen LogP) is -0.223. The Hall–Kier alpha value is -1.14. The van der Waals surface area contributed by atoms with Crippen LogP contribution in [0, 0.1) is 0 Å². The van der Waals surface area contributed by atoms with Gasteiger partial charge in [-0.1, -0.05) is 0 Å². The molecule has 0 saturated carbocycles. The zero-order valence-corrected chi connectivity index (χ0v) is 11.3. The molecular formula is C12H22N2O4. The van der Waals surface area contributed by atoms with Crippen molar-refractivity contribution in [2.45, 2.75) is 25.4 Å². The van der Waals surface area contributed by atoms with Crippen molar-refractivity contribution in [3.8, 4) is 0 Å². The number of hydrogen-bond acceptors (Lipinski definition) is 5. The van der Waals surface area contributed by atoms with Crippen LogP contribution in [0.2, 0.25) is 0 Å². The van der Waals surface area contributed by atoms with Gasteiger partial charge in [0, 0.05) is 33.1 Å². The lowest BCUT2D eigenvalue weighted by molar-refractivity contribution is -0.145. The van der Waals surface area contributed by atoms with E-state index in [1.807, 2.05) is 6.92 Å². The number of carbonyl (C=O) groups is 2. The summed E-state index contributed by atoms with van der Waals surface area (Å²) in [6, 6.07) is 0. The molecule has 6 heteroatoms. The van der Waals surface area contributed by atoms with Crippen LogP contribution in [0.15, 0.2) is 0 Å². The molecule has 0 aromatic carbocycles. The molecule has 1 heterocycles. The molecule has 6 nitrogen and oxygen atoms in total. The Bertz CT molecular complexity index is 302. The van der Waals surface area contributed by atoms with Crippen LogP contribution in [-0.4, -0.2) is 62.8 Å². The molecule has 1 rings (SSSR count). The summed E-state index contributed by atoms with van der Waals surface area (Å²) in [5, 5.41) is 3.11. The fourth-order valence-electron chi connectivity index (χ4n) is 1.61. The lowest BCUT2D eigenvalue weighted by atomic mass is 10.0. The fraction of sp³-hybridized carbons (Fsp3) is 0.833. The summed E-state index contributed by atoms with van der Waals surface area (Å²) < 4.78 is 10.1. The average Bonchev–Trinajstić information content (AvgIpc) is 2.33. The fourth-order valence-corrected chi connectivity index (χ4v) is 1.61. The molecule has 1 aliphatic heterocycles. The molecule has 0 aliphatic carbocycles. The molecule has 0 bridgehead atoms. The number of hydrogen-bond donors (Lipinski definition) is 1. The molecule has 0 unspecified atom stereocenters. The Balaban J connectivity index is 2.14. The summed E-state index contributed by atoms with van der Waals surface area (Å²) in [5.41, 5.74) is -0.206. The summed E-state index contributed by atoms with van der Waals surface area (Å²) in [5.74, 6) is -0.312. The molecule has 0 radical (unpaired) electrons. The van der Waals surface area contributed by atoms with Gasteiger partial charge in [0.1, 0.15) is 6.61 Å². The van der Waals surface area contributed by atoms with Gasteiger partial charge in [0.15, 0.2) is 0 Å². The van der Waals surface area contributed by atoms with E-state index < -0.39 is 0 Å². The van der Waals surface area contributed by atoms with Crippen LogP contribution < -0.4 is 5.32 Å². The molecule has 0 aromatic heterocycles. The van der Waals surface area contributed by atoms with Gasteiger partial charge in [-0.25, -0.2) is 0 Å².